The van der Waals surface area contributed by atoms with Gasteiger partial charge in [-0.2, -0.15) is 0 Å². The molecule has 0 saturated carbocycles. The van der Waals surface area contributed by atoms with Gasteiger partial charge in [0.2, 0.25) is 0 Å². The second-order valence-electron chi connectivity index (χ2n) is 4.31. The van der Waals surface area contributed by atoms with Gasteiger partial charge in [-0.15, -0.1) is 0 Å². The summed E-state index contributed by atoms with van der Waals surface area (Å²) in [7, 11) is 4.73. The van der Waals surface area contributed by atoms with Gasteiger partial charge in [-0.05, 0) is 31.2 Å². The zero-order valence-corrected chi connectivity index (χ0v) is 11.9. The van der Waals surface area contributed by atoms with Crippen LogP contribution in [0, 0.1) is 0 Å². The summed E-state index contributed by atoms with van der Waals surface area (Å²) in [6.45, 7) is 1.74. The lowest BCUT2D eigenvalue weighted by atomic mass is 10.1. The Kier molecular flexibility index (Phi) is 3.93. The summed E-state index contributed by atoms with van der Waals surface area (Å²) >= 11 is 0. The molecular weight excluding hydrogens is 258 g/mol. The number of oxime groups is 1. The first-order valence-electron chi connectivity index (χ1n) is 6.10. The Morgan fingerprint density at radius 1 is 1.25 bits per heavy atom. The Bertz CT molecular complexity index is 681. The first kappa shape index (κ1) is 13.9. The van der Waals surface area contributed by atoms with Crippen molar-refractivity contribution in [3.05, 3.63) is 40.2 Å². The number of rotatable bonds is 4. The predicted molar refractivity (Wildman–Crippen MR) is 77.2 cm³/mol. The molecule has 0 fully saturated rings. The van der Waals surface area contributed by atoms with Crippen molar-refractivity contribution in [3.63, 3.8) is 0 Å². The van der Waals surface area contributed by atoms with E-state index in [4.69, 9.17) is 9.57 Å². The van der Waals surface area contributed by atoms with Crippen LogP contribution in [0.5, 0.6) is 5.75 Å². The van der Waals surface area contributed by atoms with Gasteiger partial charge in [0.1, 0.15) is 12.9 Å². The molecule has 0 aliphatic heterocycles. The molecule has 106 valence electrons. The summed E-state index contributed by atoms with van der Waals surface area (Å²) in [5.41, 5.74) is 2.47. The zero-order chi connectivity index (χ0) is 14.7. The van der Waals surface area contributed by atoms with Gasteiger partial charge in [0.05, 0.1) is 24.1 Å². The highest BCUT2D eigenvalue weighted by molar-refractivity contribution is 6.03. The van der Waals surface area contributed by atoms with Crippen LogP contribution in [-0.2, 0) is 11.9 Å². The molecule has 0 aliphatic carbocycles. The first-order chi connectivity index (χ1) is 9.58. The fraction of sp³-hybridized carbons (Fsp3) is 0.286. The van der Waals surface area contributed by atoms with Crippen LogP contribution in [0.2, 0.25) is 0 Å². The van der Waals surface area contributed by atoms with Crippen LogP contribution >= 0.6 is 0 Å². The Morgan fingerprint density at radius 3 is 2.45 bits per heavy atom. The normalized spacial score (nSPS) is 11.5. The molecule has 6 heteroatoms. The van der Waals surface area contributed by atoms with Gasteiger partial charge >= 0.3 is 0 Å². The highest BCUT2D eigenvalue weighted by Crippen LogP contribution is 2.23. The van der Waals surface area contributed by atoms with Crippen molar-refractivity contribution in [1.82, 2.24) is 9.78 Å². The number of benzene rings is 1. The zero-order valence-electron chi connectivity index (χ0n) is 11.9. The summed E-state index contributed by atoms with van der Waals surface area (Å²) in [4.78, 5) is 16.9. The Morgan fingerprint density at radius 2 is 1.90 bits per heavy atom. The second-order valence-corrected chi connectivity index (χ2v) is 4.31. The summed E-state index contributed by atoms with van der Waals surface area (Å²) in [6.07, 6.45) is 0. The summed E-state index contributed by atoms with van der Waals surface area (Å²) in [5.74, 6) is 0.760. The lowest BCUT2D eigenvalue weighted by Gasteiger charge is -2.04. The van der Waals surface area contributed by atoms with Crippen LogP contribution in [0.25, 0.3) is 11.3 Å². The summed E-state index contributed by atoms with van der Waals surface area (Å²) < 4.78 is 6.55. The molecule has 20 heavy (non-hydrogen) atoms. The van der Waals surface area contributed by atoms with Gasteiger partial charge in [-0.3, -0.25) is 14.6 Å². The number of aryl methyl sites for hydroxylation is 1. The molecule has 2 rings (SSSR count). The topological polar surface area (TPSA) is 68.6 Å². The highest BCUT2D eigenvalue weighted by Gasteiger charge is 2.17. The molecule has 0 spiro atoms. The van der Waals surface area contributed by atoms with Gasteiger partial charge in [0.25, 0.3) is 5.56 Å². The van der Waals surface area contributed by atoms with Crippen LogP contribution < -0.4 is 10.3 Å². The van der Waals surface area contributed by atoms with Gasteiger partial charge < -0.3 is 9.57 Å². The van der Waals surface area contributed by atoms with E-state index in [2.05, 4.69) is 10.3 Å². The summed E-state index contributed by atoms with van der Waals surface area (Å²) in [5, 5.41) is 6.88. The molecule has 0 unspecified atom stereocenters. The van der Waals surface area contributed by atoms with Crippen molar-refractivity contribution in [1.29, 1.82) is 0 Å². The quantitative estimate of drug-likeness (QED) is 0.683. The average Bonchev–Trinajstić information content (AvgIpc) is 2.75. The molecule has 1 heterocycles. The fourth-order valence-corrected chi connectivity index (χ4v) is 2.03. The first-order valence-corrected chi connectivity index (χ1v) is 6.10. The number of hydrogen-bond acceptors (Lipinski definition) is 4. The van der Waals surface area contributed by atoms with E-state index >= 15 is 0 Å². The van der Waals surface area contributed by atoms with E-state index in [0.717, 1.165) is 11.3 Å². The third-order valence-corrected chi connectivity index (χ3v) is 3.02. The molecule has 6 nitrogen and oxygen atoms in total. The van der Waals surface area contributed by atoms with E-state index in [9.17, 15) is 4.79 Å². The van der Waals surface area contributed by atoms with Gasteiger partial charge in [-0.25, -0.2) is 0 Å². The molecule has 0 atom stereocenters. The largest absolute Gasteiger partial charge is 0.497 e. The monoisotopic (exact) mass is 275 g/mol. The standard InChI is InChI=1S/C14H17N3O3/c1-9(16-20-4)12-13(15-17(2)14(12)18)10-5-7-11(19-3)8-6-10/h5-8,15H,1-4H3. The average molecular weight is 275 g/mol. The van der Waals surface area contributed by atoms with Gasteiger partial charge in [0.15, 0.2) is 0 Å². The molecule has 1 N–H and O–H groups in total. The van der Waals surface area contributed by atoms with Crippen molar-refractivity contribution >= 4 is 5.71 Å². The lowest BCUT2D eigenvalue weighted by molar-refractivity contribution is 0.213. The SMILES string of the molecule is CON=C(C)c1c(-c2ccc(OC)cc2)[nH]n(C)c1=O. The van der Waals surface area contributed by atoms with E-state index in [0.29, 0.717) is 17.0 Å². The van der Waals surface area contributed by atoms with Crippen molar-refractivity contribution in [2.45, 2.75) is 6.92 Å². The maximum absolute atomic E-state index is 12.2. The van der Waals surface area contributed by atoms with Gasteiger partial charge in [-0.1, -0.05) is 5.16 Å². The molecule has 0 bridgehead atoms. The van der Waals surface area contributed by atoms with Crippen LogP contribution in [0.15, 0.2) is 34.2 Å². The lowest BCUT2D eigenvalue weighted by Crippen LogP contribution is -2.18. The van der Waals surface area contributed by atoms with E-state index in [1.165, 1.54) is 11.8 Å². The van der Waals surface area contributed by atoms with Crippen molar-refractivity contribution in [3.8, 4) is 17.0 Å². The number of methoxy groups -OCH3 is 1. The molecule has 1 aromatic heterocycles. The number of nitrogens with one attached hydrogen (secondary N) is 1. The Balaban J connectivity index is 2.58. The third kappa shape index (κ3) is 2.45. The van der Waals surface area contributed by atoms with Crippen molar-refractivity contribution in [2.75, 3.05) is 14.2 Å². The Hall–Kier alpha value is -2.50. The molecular formula is C14H17N3O3. The second kappa shape index (κ2) is 5.64. The third-order valence-electron chi connectivity index (χ3n) is 3.02. The van der Waals surface area contributed by atoms with E-state index in [1.54, 1.807) is 21.1 Å². The molecule has 0 saturated heterocycles. The predicted octanol–water partition coefficient (Wildman–Crippen LogP) is 1.76. The minimum atomic E-state index is -0.144. The van der Waals surface area contributed by atoms with Crippen LogP contribution in [0.3, 0.4) is 0 Å². The van der Waals surface area contributed by atoms with Crippen LogP contribution in [0.4, 0.5) is 0 Å². The molecule has 2 aromatic rings. The number of nitrogens with zero attached hydrogens (tertiary/aromatic N) is 2. The summed E-state index contributed by atoms with van der Waals surface area (Å²) in [6, 6.07) is 7.45. The maximum Gasteiger partial charge on any atom is 0.276 e. The van der Waals surface area contributed by atoms with Crippen molar-refractivity contribution < 1.29 is 9.57 Å². The number of H-pyrrole nitrogens is 1. The fourth-order valence-electron chi connectivity index (χ4n) is 2.03. The number of aromatic nitrogens is 2. The van der Waals surface area contributed by atoms with E-state index in [1.807, 2.05) is 24.3 Å². The van der Waals surface area contributed by atoms with E-state index in [-0.39, 0.29) is 5.56 Å². The number of ether oxygens (including phenoxy) is 1. The number of hydrogen-bond donors (Lipinski definition) is 1. The molecule has 1 aromatic carbocycles. The maximum atomic E-state index is 12.2. The minimum Gasteiger partial charge on any atom is -0.497 e. The van der Waals surface area contributed by atoms with E-state index < -0.39 is 0 Å². The molecule has 0 amide bonds. The van der Waals surface area contributed by atoms with Crippen molar-refractivity contribution in [2.24, 2.45) is 12.2 Å². The highest BCUT2D eigenvalue weighted by atomic mass is 16.6. The molecule has 0 radical (unpaired) electrons. The van der Waals surface area contributed by atoms with Gasteiger partial charge in [0, 0.05) is 12.6 Å². The van der Waals surface area contributed by atoms with Crippen LogP contribution in [0.1, 0.15) is 12.5 Å². The van der Waals surface area contributed by atoms with Crippen LogP contribution in [-0.4, -0.2) is 29.7 Å². The smallest absolute Gasteiger partial charge is 0.276 e. The molecule has 0 aliphatic rings. The Labute approximate surface area is 116 Å². The minimum absolute atomic E-state index is 0.144. The number of aromatic amines is 1.